The minimum absolute atomic E-state index is 0.108. The van der Waals surface area contributed by atoms with E-state index in [1.54, 1.807) is 18.2 Å². The second kappa shape index (κ2) is 6.51. The molecule has 1 heterocycles. The van der Waals surface area contributed by atoms with Gasteiger partial charge in [0.2, 0.25) is 0 Å². The van der Waals surface area contributed by atoms with Crippen molar-refractivity contribution < 1.29 is 14.0 Å². The zero-order valence-electron chi connectivity index (χ0n) is 13.2. The Morgan fingerprint density at radius 2 is 2.13 bits per heavy atom. The summed E-state index contributed by atoms with van der Waals surface area (Å²) in [7, 11) is 0. The van der Waals surface area contributed by atoms with Crippen molar-refractivity contribution in [3.8, 4) is 0 Å². The molecule has 0 aromatic heterocycles. The van der Waals surface area contributed by atoms with Gasteiger partial charge in [-0.15, -0.1) is 11.8 Å². The van der Waals surface area contributed by atoms with Gasteiger partial charge in [-0.3, -0.25) is 9.69 Å². The van der Waals surface area contributed by atoms with E-state index in [2.05, 4.69) is 5.32 Å². The van der Waals surface area contributed by atoms with Gasteiger partial charge < -0.3 is 5.32 Å². The van der Waals surface area contributed by atoms with E-state index in [1.165, 1.54) is 22.7 Å². The molecule has 1 aromatic carbocycles. The Bertz CT molecular complexity index is 624. The molecule has 0 unspecified atom stereocenters. The predicted octanol–water partition coefficient (Wildman–Crippen LogP) is 3.42. The fourth-order valence-electron chi connectivity index (χ4n) is 3.51. The summed E-state index contributed by atoms with van der Waals surface area (Å²) < 4.78 is 13.6. The maximum absolute atomic E-state index is 13.6. The third-order valence-corrected chi connectivity index (χ3v) is 5.94. The fourth-order valence-corrected chi connectivity index (χ4v) is 4.38. The number of hydrogen-bond donors (Lipinski definition) is 1. The molecule has 1 aliphatic carbocycles. The standard InChI is InChI=1S/C17H21FN2O2S/c1-12-6-4-5-9-17(12)15(21)20(16(22)19-17)10-11-23-14-8-3-2-7-13(14)18/h2-3,7-8,12H,4-6,9-11H2,1H3,(H,19,22)/t12-,17+/m1/s1. The number of carbonyl (C=O) groups excluding carboxylic acids is 2. The van der Waals surface area contributed by atoms with Crippen LogP contribution >= 0.6 is 11.8 Å². The van der Waals surface area contributed by atoms with Crippen LogP contribution in [-0.4, -0.2) is 34.7 Å². The molecule has 3 amide bonds. The lowest BCUT2D eigenvalue weighted by molar-refractivity contribution is -0.134. The minimum Gasteiger partial charge on any atom is -0.323 e. The highest BCUT2D eigenvalue weighted by molar-refractivity contribution is 7.99. The quantitative estimate of drug-likeness (QED) is 0.677. The van der Waals surface area contributed by atoms with E-state index in [1.807, 2.05) is 6.92 Å². The van der Waals surface area contributed by atoms with Crippen LogP contribution in [0.15, 0.2) is 29.2 Å². The molecule has 0 radical (unpaired) electrons. The van der Waals surface area contributed by atoms with Gasteiger partial charge in [0.25, 0.3) is 5.91 Å². The van der Waals surface area contributed by atoms with Crippen molar-refractivity contribution in [3.05, 3.63) is 30.1 Å². The average molecular weight is 336 g/mol. The fraction of sp³-hybridized carbons (Fsp3) is 0.529. The zero-order chi connectivity index (χ0) is 16.4. The van der Waals surface area contributed by atoms with Crippen LogP contribution in [0.3, 0.4) is 0 Å². The number of nitrogens with one attached hydrogen (secondary N) is 1. The summed E-state index contributed by atoms with van der Waals surface area (Å²) in [6.45, 7) is 2.34. The van der Waals surface area contributed by atoms with Crippen LogP contribution < -0.4 is 5.32 Å². The molecule has 1 aromatic rings. The summed E-state index contributed by atoms with van der Waals surface area (Å²) in [5.41, 5.74) is -0.710. The van der Waals surface area contributed by atoms with Gasteiger partial charge in [0.15, 0.2) is 0 Å². The first-order valence-electron chi connectivity index (χ1n) is 8.06. The smallest absolute Gasteiger partial charge is 0.323 e. The van der Waals surface area contributed by atoms with Crippen LogP contribution in [0.1, 0.15) is 32.6 Å². The summed E-state index contributed by atoms with van der Waals surface area (Å²) in [4.78, 5) is 26.8. The highest BCUT2D eigenvalue weighted by Crippen LogP contribution is 2.38. The summed E-state index contributed by atoms with van der Waals surface area (Å²) in [5, 5.41) is 2.93. The van der Waals surface area contributed by atoms with Crippen LogP contribution in [0, 0.1) is 11.7 Å². The number of amides is 3. The van der Waals surface area contributed by atoms with Gasteiger partial charge >= 0.3 is 6.03 Å². The van der Waals surface area contributed by atoms with Crippen molar-refractivity contribution in [2.24, 2.45) is 5.92 Å². The largest absolute Gasteiger partial charge is 0.325 e. The molecule has 2 atom stereocenters. The van der Waals surface area contributed by atoms with Crippen molar-refractivity contribution in [2.75, 3.05) is 12.3 Å². The van der Waals surface area contributed by atoms with E-state index < -0.39 is 5.54 Å². The number of nitrogens with zero attached hydrogens (tertiary/aromatic N) is 1. The Kier molecular flexibility index (Phi) is 4.62. The molecule has 124 valence electrons. The molecule has 2 fully saturated rings. The first-order chi connectivity index (χ1) is 11.0. The van der Waals surface area contributed by atoms with Crippen molar-refractivity contribution in [2.45, 2.75) is 43.0 Å². The van der Waals surface area contributed by atoms with E-state index in [-0.39, 0.29) is 23.7 Å². The average Bonchev–Trinajstić information content (AvgIpc) is 2.77. The minimum atomic E-state index is -0.710. The molecule has 1 saturated carbocycles. The van der Waals surface area contributed by atoms with Gasteiger partial charge in [-0.1, -0.05) is 31.9 Å². The Balaban J connectivity index is 1.63. The van der Waals surface area contributed by atoms with Crippen LogP contribution in [-0.2, 0) is 4.79 Å². The third kappa shape index (κ3) is 2.96. The Hall–Kier alpha value is -1.56. The zero-order valence-corrected chi connectivity index (χ0v) is 14.0. The van der Waals surface area contributed by atoms with Crippen LogP contribution in [0.2, 0.25) is 0 Å². The summed E-state index contributed by atoms with van der Waals surface area (Å²) in [6.07, 6.45) is 3.75. The second-order valence-electron chi connectivity index (χ2n) is 6.28. The van der Waals surface area contributed by atoms with Crippen LogP contribution in [0.5, 0.6) is 0 Å². The normalized spacial score (nSPS) is 27.6. The Morgan fingerprint density at radius 1 is 1.35 bits per heavy atom. The van der Waals surface area contributed by atoms with E-state index in [4.69, 9.17) is 0 Å². The number of rotatable bonds is 4. The van der Waals surface area contributed by atoms with Gasteiger partial charge in [0.05, 0.1) is 0 Å². The van der Waals surface area contributed by atoms with Gasteiger partial charge in [-0.05, 0) is 30.9 Å². The summed E-state index contributed by atoms with van der Waals surface area (Å²) >= 11 is 1.32. The second-order valence-corrected chi connectivity index (χ2v) is 7.42. The number of carbonyl (C=O) groups is 2. The molecule has 4 nitrogen and oxygen atoms in total. The van der Waals surface area contributed by atoms with Crippen LogP contribution in [0.4, 0.5) is 9.18 Å². The Morgan fingerprint density at radius 3 is 2.87 bits per heavy atom. The van der Waals surface area contributed by atoms with Crippen molar-refractivity contribution in [3.63, 3.8) is 0 Å². The lowest BCUT2D eigenvalue weighted by Crippen LogP contribution is -2.54. The van der Waals surface area contributed by atoms with Crippen molar-refractivity contribution in [1.82, 2.24) is 10.2 Å². The first kappa shape index (κ1) is 16.3. The van der Waals surface area contributed by atoms with E-state index in [0.717, 1.165) is 25.7 Å². The molecule has 1 spiro atoms. The maximum Gasteiger partial charge on any atom is 0.325 e. The molecule has 1 N–H and O–H groups in total. The number of halogens is 1. The van der Waals surface area contributed by atoms with Crippen LogP contribution in [0.25, 0.3) is 0 Å². The number of urea groups is 1. The molecule has 23 heavy (non-hydrogen) atoms. The molecule has 6 heteroatoms. The molecular formula is C17H21FN2O2S. The molecule has 1 saturated heterocycles. The predicted molar refractivity (Wildman–Crippen MR) is 87.7 cm³/mol. The van der Waals surface area contributed by atoms with Gasteiger partial charge in [-0.2, -0.15) is 0 Å². The summed E-state index contributed by atoms with van der Waals surface area (Å²) in [6, 6.07) is 6.23. The SMILES string of the molecule is C[C@@H]1CCCC[C@]12NC(=O)N(CCSc1ccccc1F)C2=O. The number of thioether (sulfide) groups is 1. The van der Waals surface area contributed by atoms with Crippen molar-refractivity contribution in [1.29, 1.82) is 0 Å². The highest BCUT2D eigenvalue weighted by atomic mass is 32.2. The molecule has 1 aliphatic heterocycles. The topological polar surface area (TPSA) is 49.4 Å². The number of hydrogen-bond acceptors (Lipinski definition) is 3. The lowest BCUT2D eigenvalue weighted by Gasteiger charge is -2.36. The van der Waals surface area contributed by atoms with Gasteiger partial charge in [0, 0.05) is 17.2 Å². The highest BCUT2D eigenvalue weighted by Gasteiger charge is 2.54. The molecule has 0 bridgehead atoms. The van der Waals surface area contributed by atoms with Gasteiger partial charge in [0.1, 0.15) is 11.4 Å². The maximum atomic E-state index is 13.6. The van der Waals surface area contributed by atoms with E-state index in [0.29, 0.717) is 17.2 Å². The monoisotopic (exact) mass is 336 g/mol. The van der Waals surface area contributed by atoms with E-state index >= 15 is 0 Å². The first-order valence-corrected chi connectivity index (χ1v) is 9.04. The van der Waals surface area contributed by atoms with Gasteiger partial charge in [-0.25, -0.2) is 9.18 Å². The van der Waals surface area contributed by atoms with E-state index in [9.17, 15) is 14.0 Å². The van der Waals surface area contributed by atoms with Crippen molar-refractivity contribution >= 4 is 23.7 Å². The molecular weight excluding hydrogens is 315 g/mol. The summed E-state index contributed by atoms with van der Waals surface area (Å²) in [5.74, 6) is 0.276. The third-order valence-electron chi connectivity index (χ3n) is 4.91. The number of benzene rings is 1. The lowest BCUT2D eigenvalue weighted by atomic mass is 9.73. The Labute approximate surface area is 139 Å². The number of imide groups is 1. The molecule has 3 rings (SSSR count). The molecule has 2 aliphatic rings.